The van der Waals surface area contributed by atoms with Gasteiger partial charge in [-0.15, -0.1) is 0 Å². The van der Waals surface area contributed by atoms with E-state index in [1.54, 1.807) is 0 Å². The number of hydrogen-bond donors (Lipinski definition) is 0. The topological polar surface area (TPSA) is 13.1 Å². The molecule has 0 spiro atoms. The smallest absolute Gasteiger partial charge is 0.143 e. The Morgan fingerprint density at radius 2 is 1.00 bits per heavy atom. The van der Waals surface area contributed by atoms with Crippen molar-refractivity contribution in [3.05, 3.63) is 133 Å². The molecule has 0 fully saturated rings. The predicted octanol–water partition coefficient (Wildman–Crippen LogP) is 10.4. The van der Waals surface area contributed by atoms with Crippen LogP contribution in [0.4, 0.5) is 0 Å². The quantitative estimate of drug-likeness (QED) is 0.246. The summed E-state index contributed by atoms with van der Waals surface area (Å²) in [6.45, 7) is 6.78. The Hall–Kier alpha value is -4.36. The van der Waals surface area contributed by atoms with Crippen molar-refractivity contribution < 1.29 is 4.42 Å². The summed E-state index contributed by atoms with van der Waals surface area (Å²) in [5.41, 5.74) is 8.26. The predicted molar refractivity (Wildman–Crippen MR) is 157 cm³/mol. The largest absolute Gasteiger partial charge is 0.455 e. The molecule has 1 heteroatoms. The second-order valence-corrected chi connectivity index (χ2v) is 10.6. The molecule has 37 heavy (non-hydrogen) atoms. The maximum absolute atomic E-state index is 6.86. The second kappa shape index (κ2) is 9.26. The maximum Gasteiger partial charge on any atom is 0.143 e. The highest BCUT2D eigenvalue weighted by atomic mass is 16.3. The van der Waals surface area contributed by atoms with E-state index >= 15 is 0 Å². The lowest BCUT2D eigenvalue weighted by atomic mass is 9.83. The number of fused-ring (bicyclic) bond motifs is 1. The van der Waals surface area contributed by atoms with E-state index in [2.05, 4.69) is 148 Å². The molecule has 0 bridgehead atoms. The minimum absolute atomic E-state index is 0.0270. The van der Waals surface area contributed by atoms with Gasteiger partial charge in [0.15, 0.2) is 0 Å². The van der Waals surface area contributed by atoms with Crippen molar-refractivity contribution in [2.24, 2.45) is 0 Å². The molecule has 6 rings (SSSR count). The zero-order chi connectivity index (χ0) is 25.4. The van der Waals surface area contributed by atoms with Gasteiger partial charge in [-0.05, 0) is 45.4 Å². The van der Waals surface area contributed by atoms with E-state index in [0.29, 0.717) is 0 Å². The van der Waals surface area contributed by atoms with Crippen molar-refractivity contribution in [3.8, 4) is 44.9 Å². The molecule has 1 aromatic heterocycles. The molecule has 0 atom stereocenters. The van der Waals surface area contributed by atoms with Gasteiger partial charge < -0.3 is 4.42 Å². The Bertz CT molecular complexity index is 1680. The lowest BCUT2D eigenvalue weighted by Crippen LogP contribution is -2.11. The van der Waals surface area contributed by atoms with Crippen molar-refractivity contribution >= 4 is 10.8 Å². The summed E-state index contributed by atoms with van der Waals surface area (Å²) in [4.78, 5) is 0. The molecular formula is C36H30O. The molecule has 0 aliphatic carbocycles. The fraction of sp³-hybridized carbons (Fsp3) is 0.111. The first-order valence-corrected chi connectivity index (χ1v) is 12.9. The highest BCUT2D eigenvalue weighted by molar-refractivity contribution is 6.05. The van der Waals surface area contributed by atoms with E-state index in [1.807, 2.05) is 0 Å². The molecule has 6 aromatic rings. The molecule has 180 valence electrons. The van der Waals surface area contributed by atoms with Gasteiger partial charge in [0, 0.05) is 21.9 Å². The van der Waals surface area contributed by atoms with Gasteiger partial charge in [-0.2, -0.15) is 0 Å². The van der Waals surface area contributed by atoms with E-state index in [9.17, 15) is 0 Å². The highest BCUT2D eigenvalue weighted by Gasteiger charge is 2.22. The van der Waals surface area contributed by atoms with Crippen molar-refractivity contribution in [1.29, 1.82) is 0 Å². The minimum Gasteiger partial charge on any atom is -0.455 e. The molecule has 0 saturated heterocycles. The van der Waals surface area contributed by atoms with E-state index in [0.717, 1.165) is 33.4 Å². The lowest BCUT2D eigenvalue weighted by Gasteiger charge is -2.21. The van der Waals surface area contributed by atoms with Crippen LogP contribution in [0.15, 0.2) is 132 Å². The van der Waals surface area contributed by atoms with Gasteiger partial charge in [0.1, 0.15) is 11.5 Å². The van der Waals surface area contributed by atoms with E-state index in [4.69, 9.17) is 4.42 Å². The summed E-state index contributed by atoms with van der Waals surface area (Å²) in [5, 5.41) is 2.26. The van der Waals surface area contributed by atoms with Gasteiger partial charge in [0.25, 0.3) is 0 Å². The van der Waals surface area contributed by atoms with Gasteiger partial charge in [0.05, 0.1) is 0 Å². The van der Waals surface area contributed by atoms with Crippen LogP contribution in [0, 0.1) is 0 Å². The number of rotatable bonds is 4. The zero-order valence-electron chi connectivity index (χ0n) is 21.5. The van der Waals surface area contributed by atoms with Crippen LogP contribution < -0.4 is 0 Å². The van der Waals surface area contributed by atoms with Crippen LogP contribution in [-0.4, -0.2) is 0 Å². The van der Waals surface area contributed by atoms with Crippen molar-refractivity contribution in [2.75, 3.05) is 0 Å². The monoisotopic (exact) mass is 478 g/mol. The summed E-state index contributed by atoms with van der Waals surface area (Å²) in [6, 6.07) is 45.1. The Morgan fingerprint density at radius 1 is 0.432 bits per heavy atom. The molecule has 0 unspecified atom stereocenters. The third kappa shape index (κ3) is 4.38. The first-order chi connectivity index (χ1) is 18.0. The zero-order valence-corrected chi connectivity index (χ0v) is 21.5. The van der Waals surface area contributed by atoms with Gasteiger partial charge in [-0.1, -0.05) is 136 Å². The average molecular weight is 479 g/mol. The molecule has 0 amide bonds. The second-order valence-electron chi connectivity index (χ2n) is 10.6. The normalized spacial score (nSPS) is 11.6. The molecular weight excluding hydrogens is 448 g/mol. The molecule has 0 radical (unpaired) electrons. The SMILES string of the molecule is CC(C)(C)c1ccc(-c2ccccc2)c(-c2oc(-c3cccc(-c4ccccc4)c3)c3ccccc23)c1. The summed E-state index contributed by atoms with van der Waals surface area (Å²) in [6.07, 6.45) is 0. The third-order valence-corrected chi connectivity index (χ3v) is 7.07. The van der Waals surface area contributed by atoms with Crippen LogP contribution in [0.5, 0.6) is 0 Å². The Balaban J connectivity index is 1.59. The van der Waals surface area contributed by atoms with E-state index in [1.165, 1.54) is 27.8 Å². The van der Waals surface area contributed by atoms with E-state index in [-0.39, 0.29) is 5.41 Å². The maximum atomic E-state index is 6.86. The van der Waals surface area contributed by atoms with Gasteiger partial charge >= 0.3 is 0 Å². The van der Waals surface area contributed by atoms with Crippen molar-refractivity contribution in [2.45, 2.75) is 26.2 Å². The molecule has 0 aliphatic heterocycles. The molecule has 0 saturated carbocycles. The van der Waals surface area contributed by atoms with Crippen LogP contribution in [0.3, 0.4) is 0 Å². The summed E-state index contributed by atoms with van der Waals surface area (Å²) >= 11 is 0. The van der Waals surface area contributed by atoms with Crippen LogP contribution in [0.2, 0.25) is 0 Å². The van der Waals surface area contributed by atoms with Crippen LogP contribution in [-0.2, 0) is 5.41 Å². The standard InChI is InChI=1S/C36H30O/c1-36(2,3)29-21-22-30(26-15-8-5-9-16-26)33(24-29)35-32-20-11-10-19-31(32)34(37-35)28-18-12-17-27(23-28)25-13-6-4-7-14-25/h4-24H,1-3H3. The highest BCUT2D eigenvalue weighted by Crippen LogP contribution is 2.44. The molecule has 5 aromatic carbocycles. The Kier molecular flexibility index (Phi) is 5.77. The number of benzene rings is 5. The lowest BCUT2D eigenvalue weighted by molar-refractivity contribution is 0.587. The van der Waals surface area contributed by atoms with Crippen LogP contribution in [0.1, 0.15) is 26.3 Å². The first kappa shape index (κ1) is 23.1. The number of furan rings is 1. The van der Waals surface area contributed by atoms with Gasteiger partial charge in [0.2, 0.25) is 0 Å². The first-order valence-electron chi connectivity index (χ1n) is 12.9. The fourth-order valence-corrected chi connectivity index (χ4v) is 5.04. The molecule has 1 heterocycles. The summed E-state index contributed by atoms with van der Waals surface area (Å²) in [7, 11) is 0. The van der Waals surface area contributed by atoms with Gasteiger partial charge in [-0.25, -0.2) is 0 Å². The Morgan fingerprint density at radius 3 is 1.68 bits per heavy atom. The third-order valence-electron chi connectivity index (χ3n) is 7.07. The molecule has 1 nitrogen and oxygen atoms in total. The van der Waals surface area contributed by atoms with Crippen LogP contribution >= 0.6 is 0 Å². The van der Waals surface area contributed by atoms with Crippen LogP contribution in [0.25, 0.3) is 55.7 Å². The molecule has 0 N–H and O–H groups in total. The summed E-state index contributed by atoms with van der Waals surface area (Å²) < 4.78 is 6.86. The minimum atomic E-state index is 0.0270. The Labute approximate surface area is 219 Å². The van der Waals surface area contributed by atoms with E-state index < -0.39 is 0 Å². The van der Waals surface area contributed by atoms with Crippen molar-refractivity contribution in [3.63, 3.8) is 0 Å². The number of hydrogen-bond acceptors (Lipinski definition) is 1. The summed E-state index contributed by atoms with van der Waals surface area (Å²) in [5.74, 6) is 1.82. The fourth-order valence-electron chi connectivity index (χ4n) is 5.04. The molecule has 0 aliphatic rings. The average Bonchev–Trinajstić information content (AvgIpc) is 3.33. The van der Waals surface area contributed by atoms with Crippen molar-refractivity contribution in [1.82, 2.24) is 0 Å². The van der Waals surface area contributed by atoms with Gasteiger partial charge in [-0.3, -0.25) is 0 Å².